The number of ether oxygens (including phenoxy) is 1. The van der Waals surface area contributed by atoms with Crippen molar-refractivity contribution in [3.8, 4) is 22.6 Å². The molecule has 0 atom stereocenters. The Morgan fingerprint density at radius 2 is 1.58 bits per heavy atom. The zero-order valence-electron chi connectivity index (χ0n) is 14.3. The van der Waals surface area contributed by atoms with E-state index >= 15 is 0 Å². The molecule has 1 heterocycles. The summed E-state index contributed by atoms with van der Waals surface area (Å²) in [7, 11) is 1.65. The van der Waals surface area contributed by atoms with E-state index in [4.69, 9.17) is 4.74 Å². The number of hydrogen-bond donors (Lipinski definition) is 2. The van der Waals surface area contributed by atoms with Gasteiger partial charge in [0.25, 0.3) is 0 Å². The van der Waals surface area contributed by atoms with Crippen LogP contribution < -0.4 is 4.74 Å². The molecule has 1 aromatic heterocycles. The fourth-order valence-electron chi connectivity index (χ4n) is 3.78. The van der Waals surface area contributed by atoms with Crippen LogP contribution in [0.25, 0.3) is 43.6 Å². The number of nitrogens with one attached hydrogen (secondary N) is 1. The third-order valence-corrected chi connectivity index (χ3v) is 5.06. The minimum Gasteiger partial charge on any atom is -0.507 e. The Labute approximate surface area is 150 Å². The standard InChI is InChI=1S/C23H17NO2/c1-26-16-9-6-15-8-11-21(25)22(19(15)12-16)20-13-24-23-17-5-3-2-4-14(17)7-10-18(20)23/h2-13,24-25H,1H3. The van der Waals surface area contributed by atoms with Crippen molar-refractivity contribution in [2.75, 3.05) is 7.11 Å². The SMILES string of the molecule is COc1ccc2ccc(O)c(-c3c[nH]c4c3ccc3ccccc34)c2c1. The lowest BCUT2D eigenvalue weighted by molar-refractivity contribution is 0.415. The highest BCUT2D eigenvalue weighted by Gasteiger charge is 2.15. The zero-order chi connectivity index (χ0) is 17.7. The van der Waals surface area contributed by atoms with Gasteiger partial charge >= 0.3 is 0 Å². The van der Waals surface area contributed by atoms with E-state index < -0.39 is 0 Å². The number of aromatic nitrogens is 1. The maximum Gasteiger partial charge on any atom is 0.124 e. The molecule has 0 saturated heterocycles. The first-order valence-corrected chi connectivity index (χ1v) is 8.55. The Morgan fingerprint density at radius 1 is 0.808 bits per heavy atom. The molecule has 3 heteroatoms. The highest BCUT2D eigenvalue weighted by atomic mass is 16.5. The van der Waals surface area contributed by atoms with E-state index in [2.05, 4.69) is 29.2 Å². The molecule has 0 radical (unpaired) electrons. The molecule has 0 aliphatic rings. The lowest BCUT2D eigenvalue weighted by Crippen LogP contribution is -1.86. The molecule has 5 aromatic rings. The second-order valence-electron chi connectivity index (χ2n) is 6.46. The van der Waals surface area contributed by atoms with Crippen molar-refractivity contribution < 1.29 is 9.84 Å². The first-order valence-electron chi connectivity index (χ1n) is 8.55. The van der Waals surface area contributed by atoms with Gasteiger partial charge in [0.1, 0.15) is 11.5 Å². The lowest BCUT2D eigenvalue weighted by atomic mass is 9.95. The second kappa shape index (κ2) is 5.53. The number of H-pyrrole nitrogens is 1. The molecule has 0 spiro atoms. The van der Waals surface area contributed by atoms with E-state index in [1.54, 1.807) is 13.2 Å². The number of methoxy groups -OCH3 is 1. The smallest absolute Gasteiger partial charge is 0.124 e. The van der Waals surface area contributed by atoms with Gasteiger partial charge in [0.2, 0.25) is 0 Å². The van der Waals surface area contributed by atoms with E-state index in [-0.39, 0.29) is 5.75 Å². The Bertz CT molecular complexity index is 1280. The molecule has 2 N–H and O–H groups in total. The zero-order valence-corrected chi connectivity index (χ0v) is 14.3. The van der Waals surface area contributed by atoms with Gasteiger partial charge in [-0.2, -0.15) is 0 Å². The van der Waals surface area contributed by atoms with Crippen LogP contribution in [0.1, 0.15) is 0 Å². The van der Waals surface area contributed by atoms with Gasteiger partial charge in [0, 0.05) is 28.1 Å². The minimum absolute atomic E-state index is 0.264. The molecule has 0 saturated carbocycles. The molecule has 4 aromatic carbocycles. The first-order chi connectivity index (χ1) is 12.8. The molecule has 0 aliphatic carbocycles. The third-order valence-electron chi connectivity index (χ3n) is 5.06. The van der Waals surface area contributed by atoms with Gasteiger partial charge in [-0.25, -0.2) is 0 Å². The third kappa shape index (κ3) is 2.07. The maximum absolute atomic E-state index is 10.7. The van der Waals surface area contributed by atoms with E-state index in [0.717, 1.165) is 38.6 Å². The molecule has 126 valence electrons. The molecule has 5 rings (SSSR count). The Kier molecular flexibility index (Phi) is 3.16. The largest absolute Gasteiger partial charge is 0.507 e. The minimum atomic E-state index is 0.264. The summed E-state index contributed by atoms with van der Waals surface area (Å²) in [6, 6.07) is 22.2. The number of aromatic amines is 1. The normalized spacial score (nSPS) is 11.4. The van der Waals surface area contributed by atoms with E-state index in [9.17, 15) is 5.11 Å². The highest BCUT2D eigenvalue weighted by Crippen LogP contribution is 2.42. The Balaban J connectivity index is 1.88. The van der Waals surface area contributed by atoms with Crippen LogP contribution in [0.4, 0.5) is 0 Å². The first kappa shape index (κ1) is 14.8. The molecule has 0 amide bonds. The van der Waals surface area contributed by atoms with Gasteiger partial charge in [-0.15, -0.1) is 0 Å². The molecule has 0 aliphatic heterocycles. The van der Waals surface area contributed by atoms with Gasteiger partial charge in [0.05, 0.1) is 12.6 Å². The highest BCUT2D eigenvalue weighted by molar-refractivity contribution is 6.14. The fraction of sp³-hybridized carbons (Fsp3) is 0.0435. The quantitative estimate of drug-likeness (QED) is 0.423. The number of phenolic OH excluding ortho intramolecular Hbond substituents is 1. The van der Waals surface area contributed by atoms with Gasteiger partial charge in [0.15, 0.2) is 0 Å². The molecular formula is C23H17NO2. The number of phenols is 1. The van der Waals surface area contributed by atoms with Crippen LogP contribution in [0.5, 0.6) is 11.5 Å². The van der Waals surface area contributed by atoms with Crippen LogP contribution in [0.3, 0.4) is 0 Å². The number of rotatable bonds is 2. The van der Waals surface area contributed by atoms with Crippen LogP contribution in [-0.4, -0.2) is 17.2 Å². The average Bonchev–Trinajstić information content (AvgIpc) is 3.11. The predicted molar refractivity (Wildman–Crippen MR) is 107 cm³/mol. The number of fused-ring (bicyclic) bond motifs is 4. The molecule has 26 heavy (non-hydrogen) atoms. The summed E-state index contributed by atoms with van der Waals surface area (Å²) in [5.74, 6) is 1.04. The number of benzene rings is 4. The van der Waals surface area contributed by atoms with E-state index in [1.807, 2.05) is 42.6 Å². The summed E-state index contributed by atoms with van der Waals surface area (Å²) in [6.45, 7) is 0. The Hall–Kier alpha value is -3.46. The molecule has 3 nitrogen and oxygen atoms in total. The van der Waals surface area contributed by atoms with Crippen molar-refractivity contribution in [3.63, 3.8) is 0 Å². The maximum atomic E-state index is 10.7. The summed E-state index contributed by atoms with van der Waals surface area (Å²) < 4.78 is 5.39. The predicted octanol–water partition coefficient (Wildman–Crippen LogP) is 5.86. The summed E-state index contributed by atoms with van der Waals surface area (Å²) in [6.07, 6.45) is 1.98. The van der Waals surface area contributed by atoms with Gasteiger partial charge < -0.3 is 14.8 Å². The molecular weight excluding hydrogens is 322 g/mol. The second-order valence-corrected chi connectivity index (χ2v) is 6.46. The number of aromatic hydroxyl groups is 1. The van der Waals surface area contributed by atoms with Gasteiger partial charge in [-0.3, -0.25) is 0 Å². The van der Waals surface area contributed by atoms with Crippen molar-refractivity contribution in [1.29, 1.82) is 0 Å². The lowest BCUT2D eigenvalue weighted by Gasteiger charge is -2.10. The van der Waals surface area contributed by atoms with Crippen molar-refractivity contribution in [1.82, 2.24) is 4.98 Å². The van der Waals surface area contributed by atoms with Crippen LogP contribution in [-0.2, 0) is 0 Å². The van der Waals surface area contributed by atoms with Crippen LogP contribution in [0.15, 0.2) is 72.9 Å². The molecule has 0 unspecified atom stereocenters. The van der Waals surface area contributed by atoms with Gasteiger partial charge in [-0.05, 0) is 34.4 Å². The number of hydrogen-bond acceptors (Lipinski definition) is 2. The van der Waals surface area contributed by atoms with Crippen LogP contribution >= 0.6 is 0 Å². The van der Waals surface area contributed by atoms with Crippen LogP contribution in [0.2, 0.25) is 0 Å². The van der Waals surface area contributed by atoms with Gasteiger partial charge in [-0.1, -0.05) is 48.5 Å². The van der Waals surface area contributed by atoms with E-state index in [0.29, 0.717) is 0 Å². The Morgan fingerprint density at radius 3 is 2.46 bits per heavy atom. The van der Waals surface area contributed by atoms with Crippen molar-refractivity contribution in [2.24, 2.45) is 0 Å². The van der Waals surface area contributed by atoms with Crippen molar-refractivity contribution in [2.45, 2.75) is 0 Å². The van der Waals surface area contributed by atoms with Crippen LogP contribution in [0, 0.1) is 0 Å². The fourth-order valence-corrected chi connectivity index (χ4v) is 3.78. The summed E-state index contributed by atoms with van der Waals surface area (Å²) in [5.41, 5.74) is 2.89. The summed E-state index contributed by atoms with van der Waals surface area (Å²) in [4.78, 5) is 3.41. The van der Waals surface area contributed by atoms with Crippen molar-refractivity contribution in [3.05, 3.63) is 72.9 Å². The van der Waals surface area contributed by atoms with E-state index in [1.165, 1.54) is 10.8 Å². The monoisotopic (exact) mass is 339 g/mol. The average molecular weight is 339 g/mol. The molecule has 0 fully saturated rings. The van der Waals surface area contributed by atoms with Crippen molar-refractivity contribution >= 4 is 32.4 Å². The summed E-state index contributed by atoms with van der Waals surface area (Å²) >= 11 is 0. The summed E-state index contributed by atoms with van der Waals surface area (Å²) in [5, 5.41) is 16.2. The molecule has 0 bridgehead atoms. The topological polar surface area (TPSA) is 45.2 Å².